The second-order valence-electron chi connectivity index (χ2n) is 6.62. The smallest absolute Gasteiger partial charge is 0.241 e. The summed E-state index contributed by atoms with van der Waals surface area (Å²) in [5, 5.41) is 3.62. The molecule has 2 aliphatic heterocycles. The van der Waals surface area contributed by atoms with Gasteiger partial charge in [-0.05, 0) is 37.4 Å². The normalized spacial score (nSPS) is 31.3. The first kappa shape index (κ1) is 16.2. The molecule has 0 aliphatic carbocycles. The molecule has 4 heteroatoms. The van der Waals surface area contributed by atoms with Crippen molar-refractivity contribution in [3.05, 3.63) is 0 Å². The summed E-state index contributed by atoms with van der Waals surface area (Å²) in [6, 6.07) is 0.537. The Labute approximate surface area is 128 Å². The van der Waals surface area contributed by atoms with Crippen LogP contribution in [0.2, 0.25) is 0 Å². The highest BCUT2D eigenvalue weighted by atomic mass is 32.2. The van der Waals surface area contributed by atoms with Gasteiger partial charge in [0.1, 0.15) is 0 Å². The van der Waals surface area contributed by atoms with Gasteiger partial charge in [-0.1, -0.05) is 33.6 Å². The molecule has 116 valence electrons. The van der Waals surface area contributed by atoms with E-state index >= 15 is 0 Å². The Kier molecular flexibility index (Phi) is 6.21. The van der Waals surface area contributed by atoms with Crippen LogP contribution in [0.4, 0.5) is 0 Å². The summed E-state index contributed by atoms with van der Waals surface area (Å²) < 4.78 is 0. The molecule has 3 nitrogen and oxygen atoms in total. The first-order valence-electron chi connectivity index (χ1n) is 8.29. The summed E-state index contributed by atoms with van der Waals surface area (Å²) in [6.07, 6.45) is 7.11. The highest BCUT2D eigenvalue weighted by Crippen LogP contribution is 2.29. The number of amides is 1. The number of unbranched alkanes of at least 4 members (excludes halogenated alkanes) is 1. The number of hydrogen-bond donors (Lipinski definition) is 1. The fourth-order valence-corrected chi connectivity index (χ4v) is 4.47. The van der Waals surface area contributed by atoms with Crippen LogP contribution in [0.1, 0.15) is 59.3 Å². The predicted molar refractivity (Wildman–Crippen MR) is 86.9 cm³/mol. The number of rotatable bonds is 6. The minimum absolute atomic E-state index is 0.0747. The zero-order valence-electron chi connectivity index (χ0n) is 13.2. The summed E-state index contributed by atoms with van der Waals surface area (Å²) in [5.74, 6) is 3.39. The van der Waals surface area contributed by atoms with Crippen molar-refractivity contribution < 1.29 is 4.79 Å². The average Bonchev–Trinajstić information content (AvgIpc) is 2.73. The standard InChI is InChI=1S/C16H30N2OS/c1-4-5-8-14-16(19)18(13-7-6-9-20-11-13)15(17-14)10-12(2)3/h12-15,17H,4-11H2,1-3H3. The molecule has 0 radical (unpaired) electrons. The average molecular weight is 298 g/mol. The molecule has 20 heavy (non-hydrogen) atoms. The monoisotopic (exact) mass is 298 g/mol. The van der Waals surface area contributed by atoms with Crippen molar-refractivity contribution in [3.63, 3.8) is 0 Å². The molecule has 0 spiro atoms. The number of nitrogens with zero attached hydrogens (tertiary/aromatic N) is 1. The lowest BCUT2D eigenvalue weighted by Gasteiger charge is -2.35. The molecule has 2 rings (SSSR count). The molecule has 2 heterocycles. The maximum atomic E-state index is 12.8. The zero-order valence-corrected chi connectivity index (χ0v) is 14.0. The first-order valence-corrected chi connectivity index (χ1v) is 9.45. The molecule has 1 amide bonds. The van der Waals surface area contributed by atoms with Crippen LogP contribution in [-0.2, 0) is 4.79 Å². The second-order valence-corrected chi connectivity index (χ2v) is 7.77. The van der Waals surface area contributed by atoms with Gasteiger partial charge in [0.15, 0.2) is 0 Å². The van der Waals surface area contributed by atoms with Crippen molar-refractivity contribution in [2.45, 2.75) is 77.5 Å². The largest absolute Gasteiger partial charge is 0.322 e. The minimum Gasteiger partial charge on any atom is -0.322 e. The molecule has 2 fully saturated rings. The van der Waals surface area contributed by atoms with E-state index in [1.165, 1.54) is 25.0 Å². The van der Waals surface area contributed by atoms with Crippen LogP contribution >= 0.6 is 11.8 Å². The Morgan fingerprint density at radius 1 is 1.45 bits per heavy atom. The quantitative estimate of drug-likeness (QED) is 0.817. The fraction of sp³-hybridized carbons (Fsp3) is 0.938. The van der Waals surface area contributed by atoms with Crippen LogP contribution in [0.25, 0.3) is 0 Å². The van der Waals surface area contributed by atoms with E-state index in [9.17, 15) is 4.79 Å². The van der Waals surface area contributed by atoms with Gasteiger partial charge in [-0.25, -0.2) is 0 Å². The maximum absolute atomic E-state index is 12.8. The second kappa shape index (κ2) is 7.69. The van der Waals surface area contributed by atoms with Crippen LogP contribution in [-0.4, -0.2) is 40.6 Å². The summed E-state index contributed by atoms with van der Waals surface area (Å²) in [4.78, 5) is 15.0. The molecule has 2 saturated heterocycles. The van der Waals surface area contributed by atoms with Crippen LogP contribution in [0.3, 0.4) is 0 Å². The minimum atomic E-state index is 0.0747. The van der Waals surface area contributed by atoms with E-state index in [-0.39, 0.29) is 12.2 Å². The number of carbonyl (C=O) groups is 1. The van der Waals surface area contributed by atoms with Crippen molar-refractivity contribution in [1.82, 2.24) is 10.2 Å². The van der Waals surface area contributed by atoms with E-state index in [4.69, 9.17) is 0 Å². The van der Waals surface area contributed by atoms with Gasteiger partial charge < -0.3 is 4.90 Å². The van der Waals surface area contributed by atoms with Crippen molar-refractivity contribution in [1.29, 1.82) is 0 Å². The topological polar surface area (TPSA) is 32.3 Å². The van der Waals surface area contributed by atoms with E-state index < -0.39 is 0 Å². The van der Waals surface area contributed by atoms with Gasteiger partial charge in [-0.15, -0.1) is 0 Å². The number of thioether (sulfide) groups is 1. The highest BCUT2D eigenvalue weighted by Gasteiger charge is 2.42. The molecular weight excluding hydrogens is 268 g/mol. The summed E-state index contributed by atoms with van der Waals surface area (Å²) in [6.45, 7) is 6.69. The predicted octanol–water partition coefficient (Wildman–Crippen LogP) is 3.24. The van der Waals surface area contributed by atoms with E-state index in [1.54, 1.807) is 0 Å². The number of carbonyl (C=O) groups excluding carboxylic acids is 1. The summed E-state index contributed by atoms with van der Waals surface area (Å²) in [7, 11) is 0. The number of nitrogens with one attached hydrogen (secondary N) is 1. The lowest BCUT2D eigenvalue weighted by molar-refractivity contribution is -0.132. The van der Waals surface area contributed by atoms with Gasteiger partial charge in [-0.3, -0.25) is 10.1 Å². The SMILES string of the molecule is CCCCC1NC(CC(C)C)N(C2CCCSC2)C1=O. The van der Waals surface area contributed by atoms with Gasteiger partial charge in [0.25, 0.3) is 0 Å². The Morgan fingerprint density at radius 2 is 2.25 bits per heavy atom. The zero-order chi connectivity index (χ0) is 14.5. The Hall–Kier alpha value is -0.220. The number of hydrogen-bond acceptors (Lipinski definition) is 3. The molecule has 0 aromatic carbocycles. The first-order chi connectivity index (χ1) is 9.63. The van der Waals surface area contributed by atoms with E-state index in [2.05, 4.69) is 31.0 Å². The van der Waals surface area contributed by atoms with Gasteiger partial charge in [-0.2, -0.15) is 11.8 Å². The Bertz CT molecular complexity index is 316. The maximum Gasteiger partial charge on any atom is 0.241 e. The molecule has 0 saturated carbocycles. The fourth-order valence-electron chi connectivity index (χ4n) is 3.34. The molecule has 2 aliphatic rings. The molecule has 0 aromatic heterocycles. The van der Waals surface area contributed by atoms with E-state index in [0.717, 1.165) is 25.0 Å². The van der Waals surface area contributed by atoms with Gasteiger partial charge in [0.05, 0.1) is 12.2 Å². The third-order valence-electron chi connectivity index (χ3n) is 4.35. The molecule has 0 aromatic rings. The lowest BCUT2D eigenvalue weighted by Crippen LogP contribution is -2.47. The molecule has 1 N–H and O–H groups in total. The summed E-state index contributed by atoms with van der Waals surface area (Å²) >= 11 is 2.01. The lowest BCUT2D eigenvalue weighted by atomic mass is 10.1. The van der Waals surface area contributed by atoms with Crippen molar-refractivity contribution >= 4 is 17.7 Å². The molecular formula is C16H30N2OS. The van der Waals surface area contributed by atoms with Gasteiger partial charge in [0, 0.05) is 11.8 Å². The van der Waals surface area contributed by atoms with Crippen LogP contribution in [0.15, 0.2) is 0 Å². The van der Waals surface area contributed by atoms with E-state index in [0.29, 0.717) is 17.9 Å². The van der Waals surface area contributed by atoms with Crippen LogP contribution < -0.4 is 5.32 Å². The van der Waals surface area contributed by atoms with Gasteiger partial charge in [0.2, 0.25) is 5.91 Å². The van der Waals surface area contributed by atoms with E-state index in [1.807, 2.05) is 11.8 Å². The van der Waals surface area contributed by atoms with Gasteiger partial charge >= 0.3 is 0 Å². The highest BCUT2D eigenvalue weighted by molar-refractivity contribution is 7.99. The molecule has 3 atom stereocenters. The molecule has 3 unspecified atom stereocenters. The summed E-state index contributed by atoms with van der Waals surface area (Å²) in [5.41, 5.74) is 0. The van der Waals surface area contributed by atoms with Crippen molar-refractivity contribution in [2.24, 2.45) is 5.92 Å². The Morgan fingerprint density at radius 3 is 2.85 bits per heavy atom. The van der Waals surface area contributed by atoms with Crippen LogP contribution in [0.5, 0.6) is 0 Å². The van der Waals surface area contributed by atoms with Crippen LogP contribution in [0, 0.1) is 5.92 Å². The van der Waals surface area contributed by atoms with Crippen molar-refractivity contribution in [3.8, 4) is 0 Å². The Balaban J connectivity index is 2.04. The third-order valence-corrected chi connectivity index (χ3v) is 5.55. The van der Waals surface area contributed by atoms with Crippen molar-refractivity contribution in [2.75, 3.05) is 11.5 Å². The third kappa shape index (κ3) is 3.91. The molecule has 0 bridgehead atoms.